The molecule has 1 aromatic heterocycles. The van der Waals surface area contributed by atoms with Crippen LogP contribution < -0.4 is 5.32 Å². The highest BCUT2D eigenvalue weighted by atomic mass is 16.5. The molecule has 3 heterocycles. The van der Waals surface area contributed by atoms with E-state index in [1.165, 1.54) is 6.42 Å². The molecule has 28 heavy (non-hydrogen) atoms. The van der Waals surface area contributed by atoms with Gasteiger partial charge < -0.3 is 19.5 Å². The number of carbonyl (C=O) groups is 1. The van der Waals surface area contributed by atoms with Crippen LogP contribution in [0.25, 0.3) is 0 Å². The van der Waals surface area contributed by atoms with Crippen molar-refractivity contribution >= 4 is 11.6 Å². The first kappa shape index (κ1) is 19.2. The monoisotopic (exact) mass is 382 g/mol. The minimum Gasteiger partial charge on any atom is -0.352 e. The summed E-state index contributed by atoms with van der Waals surface area (Å²) >= 11 is 0. The average Bonchev–Trinajstić information content (AvgIpc) is 3.18. The van der Waals surface area contributed by atoms with Crippen molar-refractivity contribution in [1.82, 2.24) is 14.5 Å². The van der Waals surface area contributed by atoms with E-state index in [-0.39, 0.29) is 5.91 Å². The van der Waals surface area contributed by atoms with E-state index in [0.717, 1.165) is 44.0 Å². The number of anilines is 1. The van der Waals surface area contributed by atoms with Gasteiger partial charge in [0.1, 0.15) is 11.4 Å². The molecule has 2 aliphatic rings. The number of fused-ring (bicyclic) bond motifs is 2. The number of imidazole rings is 1. The van der Waals surface area contributed by atoms with E-state index in [0.29, 0.717) is 12.5 Å². The largest absolute Gasteiger partial charge is 0.352 e. The Morgan fingerprint density at radius 1 is 1.29 bits per heavy atom. The SMILES string of the molecule is CC(C)CCN1CCC2(CC1)OC(C(=O)Nc1ccccc1)Cn1ccnc12. The molecule has 0 radical (unpaired) electrons. The first-order chi connectivity index (χ1) is 13.6. The van der Waals surface area contributed by atoms with Crippen LogP contribution in [-0.4, -0.2) is 46.1 Å². The summed E-state index contributed by atoms with van der Waals surface area (Å²) < 4.78 is 8.59. The number of ether oxygens (including phenoxy) is 1. The summed E-state index contributed by atoms with van der Waals surface area (Å²) in [6, 6.07) is 9.56. The van der Waals surface area contributed by atoms with E-state index < -0.39 is 11.7 Å². The lowest BCUT2D eigenvalue weighted by atomic mass is 9.88. The van der Waals surface area contributed by atoms with Crippen LogP contribution in [0.1, 0.15) is 38.9 Å². The van der Waals surface area contributed by atoms with Gasteiger partial charge in [0, 0.05) is 31.2 Å². The highest BCUT2D eigenvalue weighted by Crippen LogP contribution is 2.40. The van der Waals surface area contributed by atoms with Gasteiger partial charge in [-0.1, -0.05) is 32.0 Å². The lowest BCUT2D eigenvalue weighted by Crippen LogP contribution is -2.53. The molecule has 1 aromatic carbocycles. The number of hydrogen-bond donors (Lipinski definition) is 1. The van der Waals surface area contributed by atoms with Gasteiger partial charge in [0.15, 0.2) is 6.10 Å². The molecular weight excluding hydrogens is 352 g/mol. The summed E-state index contributed by atoms with van der Waals surface area (Å²) in [6.45, 7) is 8.12. The number of piperidine rings is 1. The minimum absolute atomic E-state index is 0.0906. The number of carbonyl (C=O) groups excluding carboxylic acids is 1. The second kappa shape index (κ2) is 8.05. The van der Waals surface area contributed by atoms with Crippen LogP contribution in [0.2, 0.25) is 0 Å². The standard InChI is InChI=1S/C22H30N4O2/c1-17(2)8-12-25-13-9-22(10-14-25)21-23-11-15-26(21)16-19(28-22)20(27)24-18-6-4-3-5-7-18/h3-7,11,15,17,19H,8-10,12-14,16H2,1-2H3,(H,24,27). The Morgan fingerprint density at radius 2 is 2.04 bits per heavy atom. The van der Waals surface area contributed by atoms with Crippen molar-refractivity contribution in [2.45, 2.75) is 51.4 Å². The Labute approximate surface area is 166 Å². The minimum atomic E-state index is -0.510. The van der Waals surface area contributed by atoms with Gasteiger partial charge in [0.05, 0.1) is 6.54 Å². The van der Waals surface area contributed by atoms with Crippen molar-refractivity contribution in [1.29, 1.82) is 0 Å². The predicted molar refractivity (Wildman–Crippen MR) is 109 cm³/mol. The first-order valence-corrected chi connectivity index (χ1v) is 10.3. The number of amides is 1. The van der Waals surface area contributed by atoms with Crippen molar-refractivity contribution in [2.24, 2.45) is 5.92 Å². The molecule has 1 N–H and O–H groups in total. The highest BCUT2D eigenvalue weighted by molar-refractivity contribution is 5.94. The van der Waals surface area contributed by atoms with Gasteiger partial charge in [0.2, 0.25) is 0 Å². The van der Waals surface area contributed by atoms with Crippen LogP contribution in [0, 0.1) is 5.92 Å². The zero-order valence-corrected chi connectivity index (χ0v) is 16.8. The molecule has 1 fully saturated rings. The Morgan fingerprint density at radius 3 is 2.75 bits per heavy atom. The Bertz CT molecular complexity index is 794. The summed E-state index contributed by atoms with van der Waals surface area (Å²) in [6.07, 6.45) is 6.24. The summed E-state index contributed by atoms with van der Waals surface area (Å²) in [4.78, 5) is 20.0. The summed E-state index contributed by atoms with van der Waals surface area (Å²) in [5.41, 5.74) is 0.333. The number of likely N-dealkylation sites (tertiary alicyclic amines) is 1. The van der Waals surface area contributed by atoms with Crippen molar-refractivity contribution in [2.75, 3.05) is 25.0 Å². The maximum atomic E-state index is 12.9. The second-order valence-electron chi connectivity index (χ2n) is 8.38. The molecular formula is C22H30N4O2. The molecule has 1 unspecified atom stereocenters. The number of benzene rings is 1. The number of rotatable bonds is 5. The maximum absolute atomic E-state index is 12.9. The molecule has 2 aromatic rings. The Kier molecular flexibility index (Phi) is 5.51. The van der Waals surface area contributed by atoms with Crippen LogP contribution in [0.3, 0.4) is 0 Å². The van der Waals surface area contributed by atoms with Gasteiger partial charge in [-0.3, -0.25) is 4.79 Å². The van der Waals surface area contributed by atoms with Crippen LogP contribution in [-0.2, 0) is 21.7 Å². The van der Waals surface area contributed by atoms with Crippen LogP contribution >= 0.6 is 0 Å². The van der Waals surface area contributed by atoms with E-state index in [4.69, 9.17) is 4.74 Å². The van der Waals surface area contributed by atoms with Crippen molar-refractivity contribution < 1.29 is 9.53 Å². The molecule has 1 spiro atoms. The lowest BCUT2D eigenvalue weighted by Gasteiger charge is -2.45. The van der Waals surface area contributed by atoms with Crippen LogP contribution in [0.5, 0.6) is 0 Å². The Balaban J connectivity index is 1.47. The predicted octanol–water partition coefficient (Wildman–Crippen LogP) is 3.26. The Hall–Kier alpha value is -2.18. The molecule has 0 aliphatic carbocycles. The number of aromatic nitrogens is 2. The van der Waals surface area contributed by atoms with E-state index in [9.17, 15) is 4.79 Å². The molecule has 0 bridgehead atoms. The zero-order chi connectivity index (χ0) is 19.6. The lowest BCUT2D eigenvalue weighted by molar-refractivity contribution is -0.169. The molecule has 1 saturated heterocycles. The molecule has 150 valence electrons. The van der Waals surface area contributed by atoms with E-state index in [2.05, 4.69) is 33.6 Å². The summed E-state index contributed by atoms with van der Waals surface area (Å²) in [7, 11) is 0. The van der Waals surface area contributed by atoms with Crippen molar-refractivity contribution in [3.05, 3.63) is 48.5 Å². The zero-order valence-electron chi connectivity index (χ0n) is 16.8. The molecule has 1 amide bonds. The van der Waals surface area contributed by atoms with Gasteiger partial charge in [0.25, 0.3) is 5.91 Å². The fourth-order valence-electron chi connectivity index (χ4n) is 4.20. The van der Waals surface area contributed by atoms with E-state index >= 15 is 0 Å². The topological polar surface area (TPSA) is 59.4 Å². The maximum Gasteiger partial charge on any atom is 0.255 e. The number of para-hydroxylation sites is 1. The average molecular weight is 383 g/mol. The first-order valence-electron chi connectivity index (χ1n) is 10.3. The second-order valence-corrected chi connectivity index (χ2v) is 8.38. The highest BCUT2D eigenvalue weighted by Gasteiger charge is 2.47. The quantitative estimate of drug-likeness (QED) is 0.862. The van der Waals surface area contributed by atoms with Crippen LogP contribution in [0.4, 0.5) is 5.69 Å². The number of hydrogen-bond acceptors (Lipinski definition) is 4. The van der Waals surface area contributed by atoms with Gasteiger partial charge >= 0.3 is 0 Å². The van der Waals surface area contributed by atoms with E-state index in [1.807, 2.05) is 42.7 Å². The normalized spacial score (nSPS) is 21.6. The third-order valence-corrected chi connectivity index (χ3v) is 5.87. The molecule has 2 aliphatic heterocycles. The third kappa shape index (κ3) is 3.98. The van der Waals surface area contributed by atoms with Crippen molar-refractivity contribution in [3.8, 4) is 0 Å². The van der Waals surface area contributed by atoms with E-state index in [1.54, 1.807) is 0 Å². The molecule has 4 rings (SSSR count). The molecule has 0 saturated carbocycles. The third-order valence-electron chi connectivity index (χ3n) is 5.87. The smallest absolute Gasteiger partial charge is 0.255 e. The van der Waals surface area contributed by atoms with Gasteiger partial charge in [-0.15, -0.1) is 0 Å². The summed E-state index contributed by atoms with van der Waals surface area (Å²) in [5.74, 6) is 1.60. The van der Waals surface area contributed by atoms with Gasteiger partial charge in [-0.05, 0) is 43.9 Å². The van der Waals surface area contributed by atoms with Crippen LogP contribution in [0.15, 0.2) is 42.7 Å². The van der Waals surface area contributed by atoms with Gasteiger partial charge in [-0.25, -0.2) is 4.98 Å². The number of nitrogens with one attached hydrogen (secondary N) is 1. The molecule has 6 heteroatoms. The fourth-order valence-corrected chi connectivity index (χ4v) is 4.20. The van der Waals surface area contributed by atoms with Gasteiger partial charge in [-0.2, -0.15) is 0 Å². The number of nitrogens with zero attached hydrogens (tertiary/aromatic N) is 3. The van der Waals surface area contributed by atoms with Crippen molar-refractivity contribution in [3.63, 3.8) is 0 Å². The fraction of sp³-hybridized carbons (Fsp3) is 0.545. The molecule has 1 atom stereocenters. The summed E-state index contributed by atoms with van der Waals surface area (Å²) in [5, 5.41) is 2.99. The molecule has 6 nitrogen and oxygen atoms in total.